The minimum Gasteiger partial charge on any atom is -0.319 e. The molecule has 0 spiro atoms. The number of carbonyl (C=O) groups is 1. The first-order chi connectivity index (χ1) is 11.6. The number of carbonyl (C=O) groups excluding carboxylic acids is 1. The molecule has 24 heavy (non-hydrogen) atoms. The van der Waals surface area contributed by atoms with Gasteiger partial charge in [-0.3, -0.25) is 4.79 Å². The van der Waals surface area contributed by atoms with Gasteiger partial charge in [0.2, 0.25) is 0 Å². The number of pyridine rings is 2. The van der Waals surface area contributed by atoms with Crippen molar-refractivity contribution < 1.29 is 4.79 Å². The highest BCUT2D eigenvalue weighted by molar-refractivity contribution is 6.03. The third-order valence-electron chi connectivity index (χ3n) is 3.92. The number of hydrogen-bond acceptors (Lipinski definition) is 3. The molecule has 120 valence electrons. The highest BCUT2D eigenvalue weighted by Gasteiger charge is 2.12. The van der Waals surface area contributed by atoms with Gasteiger partial charge in [-0.1, -0.05) is 19.9 Å². The topological polar surface area (TPSA) is 63.7 Å². The molecule has 6 heteroatoms. The monoisotopic (exact) mass is 319 g/mol. The molecule has 0 aliphatic carbocycles. The molecule has 4 rings (SSSR count). The van der Waals surface area contributed by atoms with Crippen LogP contribution in [-0.4, -0.2) is 24.7 Å². The number of nitrogens with zero attached hydrogens (tertiary/aromatic N) is 4. The van der Waals surface area contributed by atoms with E-state index in [1.807, 2.05) is 57.7 Å². The van der Waals surface area contributed by atoms with Crippen LogP contribution in [0.5, 0.6) is 0 Å². The van der Waals surface area contributed by atoms with Crippen LogP contribution in [0.25, 0.3) is 11.3 Å². The van der Waals surface area contributed by atoms with Crippen molar-refractivity contribution in [1.82, 2.24) is 18.8 Å². The van der Waals surface area contributed by atoms with E-state index >= 15 is 0 Å². The minimum atomic E-state index is -0.234. The summed E-state index contributed by atoms with van der Waals surface area (Å²) in [5, 5.41) is 2.89. The average Bonchev–Trinajstić information content (AvgIpc) is 3.18. The van der Waals surface area contributed by atoms with Gasteiger partial charge >= 0.3 is 0 Å². The molecule has 0 radical (unpaired) electrons. The molecule has 4 heterocycles. The summed E-state index contributed by atoms with van der Waals surface area (Å²) >= 11 is 0. The number of rotatable bonds is 3. The Morgan fingerprint density at radius 2 is 1.83 bits per heavy atom. The Bertz CT molecular complexity index is 1010. The van der Waals surface area contributed by atoms with Crippen molar-refractivity contribution in [3.05, 3.63) is 66.5 Å². The molecule has 0 atom stereocenters. The van der Waals surface area contributed by atoms with Crippen LogP contribution in [-0.2, 0) is 0 Å². The third-order valence-corrected chi connectivity index (χ3v) is 3.92. The Morgan fingerprint density at radius 3 is 2.62 bits per heavy atom. The molecule has 0 unspecified atom stereocenters. The van der Waals surface area contributed by atoms with E-state index in [1.165, 1.54) is 0 Å². The zero-order valence-corrected chi connectivity index (χ0v) is 13.5. The van der Waals surface area contributed by atoms with E-state index in [0.29, 0.717) is 17.3 Å². The lowest BCUT2D eigenvalue weighted by Crippen LogP contribution is -2.12. The Morgan fingerprint density at radius 1 is 1.00 bits per heavy atom. The molecular weight excluding hydrogens is 302 g/mol. The first-order valence-corrected chi connectivity index (χ1v) is 7.84. The normalized spacial score (nSPS) is 11.5. The molecule has 0 aliphatic heterocycles. The predicted octanol–water partition coefficient (Wildman–Crippen LogP) is 3.36. The van der Waals surface area contributed by atoms with Crippen LogP contribution in [0.4, 0.5) is 5.69 Å². The van der Waals surface area contributed by atoms with Gasteiger partial charge < -0.3 is 14.1 Å². The molecule has 1 N–H and O–H groups in total. The number of fused-ring (bicyclic) bond motifs is 2. The van der Waals surface area contributed by atoms with E-state index in [9.17, 15) is 4.79 Å². The summed E-state index contributed by atoms with van der Waals surface area (Å²) < 4.78 is 3.75. The summed E-state index contributed by atoms with van der Waals surface area (Å²) in [6, 6.07) is 9.39. The maximum atomic E-state index is 12.4. The Labute approximate surface area is 138 Å². The van der Waals surface area contributed by atoms with E-state index in [-0.39, 0.29) is 5.91 Å². The number of imidazole rings is 2. The second kappa shape index (κ2) is 5.49. The van der Waals surface area contributed by atoms with Gasteiger partial charge in [0, 0.05) is 24.8 Å². The van der Waals surface area contributed by atoms with E-state index in [0.717, 1.165) is 17.0 Å². The molecule has 4 aromatic heterocycles. The van der Waals surface area contributed by atoms with E-state index in [4.69, 9.17) is 0 Å². The van der Waals surface area contributed by atoms with Gasteiger partial charge in [-0.15, -0.1) is 0 Å². The fraction of sp³-hybridized carbons (Fsp3) is 0.167. The molecule has 0 saturated carbocycles. The molecule has 0 saturated heterocycles. The van der Waals surface area contributed by atoms with Crippen LogP contribution in [0, 0.1) is 0 Å². The zero-order valence-electron chi connectivity index (χ0n) is 13.5. The van der Waals surface area contributed by atoms with E-state index < -0.39 is 0 Å². The van der Waals surface area contributed by atoms with Crippen molar-refractivity contribution in [2.75, 3.05) is 5.32 Å². The van der Waals surface area contributed by atoms with Crippen molar-refractivity contribution in [3.8, 4) is 0 Å². The van der Waals surface area contributed by atoms with Gasteiger partial charge in [-0.05, 0) is 30.2 Å². The lowest BCUT2D eigenvalue weighted by Gasteiger charge is -2.03. The van der Waals surface area contributed by atoms with Crippen molar-refractivity contribution >= 4 is 22.9 Å². The highest BCUT2D eigenvalue weighted by atomic mass is 16.1. The summed E-state index contributed by atoms with van der Waals surface area (Å²) in [5.41, 5.74) is 3.73. The molecule has 1 amide bonds. The highest BCUT2D eigenvalue weighted by Crippen LogP contribution is 2.17. The summed E-state index contributed by atoms with van der Waals surface area (Å²) in [6.07, 6.45) is 7.43. The van der Waals surface area contributed by atoms with Gasteiger partial charge in [0.1, 0.15) is 17.0 Å². The quantitative estimate of drug-likeness (QED) is 0.630. The van der Waals surface area contributed by atoms with Crippen molar-refractivity contribution in [1.29, 1.82) is 0 Å². The third kappa shape index (κ3) is 2.52. The largest absolute Gasteiger partial charge is 0.319 e. The molecule has 4 aromatic rings. The maximum Gasteiger partial charge on any atom is 0.275 e. The summed E-state index contributed by atoms with van der Waals surface area (Å²) in [4.78, 5) is 21.3. The summed E-state index contributed by atoms with van der Waals surface area (Å²) in [6.45, 7) is 4.21. The fourth-order valence-electron chi connectivity index (χ4n) is 2.60. The van der Waals surface area contributed by atoms with Crippen LogP contribution in [0.2, 0.25) is 0 Å². The number of anilines is 1. The Hall–Kier alpha value is -3.15. The molecule has 0 fully saturated rings. The summed E-state index contributed by atoms with van der Waals surface area (Å²) in [5.74, 6) is 0.128. The molecule has 6 nitrogen and oxygen atoms in total. The van der Waals surface area contributed by atoms with E-state index in [2.05, 4.69) is 29.1 Å². The van der Waals surface area contributed by atoms with Crippen molar-refractivity contribution in [2.45, 2.75) is 19.8 Å². The molecular formula is C18H17N5O. The molecule has 0 bridgehead atoms. The van der Waals surface area contributed by atoms with Crippen LogP contribution in [0.3, 0.4) is 0 Å². The first kappa shape index (κ1) is 14.4. The maximum absolute atomic E-state index is 12.4. The zero-order chi connectivity index (χ0) is 16.7. The smallest absolute Gasteiger partial charge is 0.275 e. The second-order valence-corrected chi connectivity index (χ2v) is 6.05. The predicted molar refractivity (Wildman–Crippen MR) is 92.4 cm³/mol. The van der Waals surface area contributed by atoms with Crippen LogP contribution < -0.4 is 5.32 Å². The fourth-order valence-corrected chi connectivity index (χ4v) is 2.60. The van der Waals surface area contributed by atoms with Gasteiger partial charge in [0.05, 0.1) is 11.4 Å². The Balaban J connectivity index is 1.61. The van der Waals surface area contributed by atoms with E-state index in [1.54, 1.807) is 6.20 Å². The molecule has 0 aromatic carbocycles. The summed E-state index contributed by atoms with van der Waals surface area (Å²) in [7, 11) is 0. The van der Waals surface area contributed by atoms with Crippen LogP contribution in [0.1, 0.15) is 35.9 Å². The van der Waals surface area contributed by atoms with Gasteiger partial charge in [0.25, 0.3) is 5.91 Å². The van der Waals surface area contributed by atoms with Gasteiger partial charge in [-0.25, -0.2) is 9.97 Å². The molecule has 0 aliphatic rings. The number of aromatic nitrogens is 4. The SMILES string of the molecule is CC(C)c1cn2cc(NC(=O)c3cn4ccccc4n3)ccc2n1. The standard InChI is InChI=1S/C18H17N5O/c1-12(2)14-10-23-9-13(6-7-17(23)20-14)19-18(24)15-11-22-8-4-3-5-16(22)21-15/h3-12H,1-2H3,(H,19,24). The number of nitrogens with one attached hydrogen (secondary N) is 1. The first-order valence-electron chi connectivity index (χ1n) is 7.84. The minimum absolute atomic E-state index is 0.234. The van der Waals surface area contributed by atoms with Gasteiger partial charge in [0.15, 0.2) is 0 Å². The second-order valence-electron chi connectivity index (χ2n) is 6.05. The number of hydrogen-bond donors (Lipinski definition) is 1. The average molecular weight is 319 g/mol. The van der Waals surface area contributed by atoms with Crippen LogP contribution in [0.15, 0.2) is 55.1 Å². The lowest BCUT2D eigenvalue weighted by atomic mass is 10.2. The Kier molecular flexibility index (Phi) is 3.30. The van der Waals surface area contributed by atoms with Gasteiger partial charge in [-0.2, -0.15) is 0 Å². The van der Waals surface area contributed by atoms with Crippen molar-refractivity contribution in [3.63, 3.8) is 0 Å². The lowest BCUT2D eigenvalue weighted by molar-refractivity contribution is 0.102. The van der Waals surface area contributed by atoms with Crippen molar-refractivity contribution in [2.24, 2.45) is 0 Å². The van der Waals surface area contributed by atoms with Crippen LogP contribution >= 0.6 is 0 Å². The number of amides is 1.